The first-order valence-electron chi connectivity index (χ1n) is 3.26. The molecule has 0 aromatic heterocycles. The smallest absolute Gasteiger partial charge is 0.430 e. The molecule has 0 saturated carbocycles. The highest BCUT2D eigenvalue weighted by Gasteiger charge is 1.89. The molecule has 0 unspecified atom stereocenters. The lowest BCUT2D eigenvalue weighted by atomic mass is 10.4. The quantitative estimate of drug-likeness (QED) is 0.505. The molecule has 66 valence electrons. The fourth-order valence-electron chi connectivity index (χ4n) is 0.594. The summed E-state index contributed by atoms with van der Waals surface area (Å²) in [6.07, 6.45) is 1.93. The second-order valence-electron chi connectivity index (χ2n) is 1.80. The van der Waals surface area contributed by atoms with Crippen LogP contribution in [0.3, 0.4) is 0 Å². The van der Waals surface area contributed by atoms with Crippen molar-refractivity contribution >= 4 is 19.4 Å². The van der Waals surface area contributed by atoms with Crippen molar-refractivity contribution in [2.24, 2.45) is 0 Å². The first-order valence-corrected chi connectivity index (χ1v) is 4.48. The van der Waals surface area contributed by atoms with Crippen LogP contribution in [0.5, 0.6) is 0 Å². The van der Waals surface area contributed by atoms with Crippen molar-refractivity contribution in [2.45, 2.75) is 4.90 Å². The van der Waals surface area contributed by atoms with E-state index in [0.29, 0.717) is 0 Å². The number of benzene rings is 1. The van der Waals surface area contributed by atoms with Gasteiger partial charge in [0.05, 0.1) is 0 Å². The topological polar surface area (TPSA) is 40.5 Å². The van der Waals surface area contributed by atoms with Gasteiger partial charge in [-0.3, -0.25) is 0 Å². The van der Waals surface area contributed by atoms with E-state index < -0.39 is 7.69 Å². The third-order valence-electron chi connectivity index (χ3n) is 1.03. The molecule has 2 nitrogen and oxygen atoms in total. The molecule has 0 spiro atoms. The molecule has 0 heterocycles. The summed E-state index contributed by atoms with van der Waals surface area (Å²) in [4.78, 5) is 0.968. The van der Waals surface area contributed by atoms with Gasteiger partial charge >= 0.3 is 7.69 Å². The first-order chi connectivity index (χ1) is 5.74. The van der Waals surface area contributed by atoms with Crippen molar-refractivity contribution in [3.63, 3.8) is 0 Å². The number of halogens is 1. The molecule has 0 aliphatic rings. The van der Waals surface area contributed by atoms with Crippen molar-refractivity contribution < 1.29 is 14.4 Å². The monoisotopic (exact) mass is 188 g/mol. The molecule has 0 fully saturated rings. The Labute approximate surface area is 75.7 Å². The van der Waals surface area contributed by atoms with Gasteiger partial charge in [0, 0.05) is 4.90 Å². The zero-order chi connectivity index (χ0) is 9.40. The first kappa shape index (κ1) is 11.5. The largest absolute Gasteiger partial charge is 0.432 e. The van der Waals surface area contributed by atoms with E-state index in [1.807, 2.05) is 12.3 Å². The van der Waals surface area contributed by atoms with Gasteiger partial charge < -0.3 is 10.0 Å². The van der Waals surface area contributed by atoms with E-state index in [4.69, 9.17) is 10.0 Å². The minimum atomic E-state index is -0.750. The van der Waals surface area contributed by atoms with E-state index in [-0.39, 0.29) is 5.82 Å². The standard InChI is InChI=1S/C7H7FS.BH3O2/c1-9-7-4-2-3-6(8)5-7;2-1-3/h2-5H,1H3;1-3H. The van der Waals surface area contributed by atoms with Crippen LogP contribution in [0.1, 0.15) is 0 Å². The van der Waals surface area contributed by atoms with Crippen LogP contribution < -0.4 is 0 Å². The summed E-state index contributed by atoms with van der Waals surface area (Å²) < 4.78 is 12.3. The van der Waals surface area contributed by atoms with E-state index in [1.54, 1.807) is 17.8 Å². The molecule has 0 radical (unpaired) electrons. The van der Waals surface area contributed by atoms with Crippen molar-refractivity contribution in [2.75, 3.05) is 6.26 Å². The normalized spacial score (nSPS) is 8.33. The molecule has 0 saturated heterocycles. The molecule has 0 aliphatic heterocycles. The maximum absolute atomic E-state index is 12.3. The Kier molecular flexibility index (Phi) is 6.84. The number of hydrogen-bond donors (Lipinski definition) is 2. The summed E-state index contributed by atoms with van der Waals surface area (Å²) in [5, 5.41) is 14.2. The van der Waals surface area contributed by atoms with Crippen LogP contribution in [0.4, 0.5) is 4.39 Å². The predicted octanol–water partition coefficient (Wildman–Crippen LogP) is 0.785. The summed E-state index contributed by atoms with van der Waals surface area (Å²) in [5.74, 6) is -0.165. The molecule has 12 heavy (non-hydrogen) atoms. The van der Waals surface area contributed by atoms with E-state index in [1.165, 1.54) is 12.1 Å². The summed E-state index contributed by atoms with van der Waals surface area (Å²) in [6.45, 7) is 0. The summed E-state index contributed by atoms with van der Waals surface area (Å²) >= 11 is 1.54. The van der Waals surface area contributed by atoms with Gasteiger partial charge in [-0.15, -0.1) is 11.8 Å². The van der Waals surface area contributed by atoms with Gasteiger partial charge in [0.2, 0.25) is 0 Å². The van der Waals surface area contributed by atoms with Crippen LogP contribution in [0.2, 0.25) is 0 Å². The fourth-order valence-corrected chi connectivity index (χ4v) is 1.04. The van der Waals surface area contributed by atoms with Gasteiger partial charge in [0.1, 0.15) is 5.82 Å². The predicted molar refractivity (Wildman–Crippen MR) is 49.8 cm³/mol. The Morgan fingerprint density at radius 1 is 1.42 bits per heavy atom. The van der Waals surface area contributed by atoms with Crippen molar-refractivity contribution in [3.05, 3.63) is 30.1 Å². The van der Waals surface area contributed by atoms with Crippen LogP contribution >= 0.6 is 11.8 Å². The Balaban J connectivity index is 0.000000354. The second-order valence-corrected chi connectivity index (χ2v) is 2.68. The molecule has 0 aliphatic carbocycles. The average Bonchev–Trinajstić information content (AvgIpc) is 2.06. The van der Waals surface area contributed by atoms with Crippen LogP contribution in [0, 0.1) is 5.82 Å². The third-order valence-corrected chi connectivity index (χ3v) is 1.76. The van der Waals surface area contributed by atoms with Gasteiger partial charge in [-0.1, -0.05) is 6.07 Å². The van der Waals surface area contributed by atoms with E-state index >= 15 is 0 Å². The zero-order valence-corrected chi connectivity index (χ0v) is 7.51. The molecule has 1 aromatic carbocycles. The summed E-state index contributed by atoms with van der Waals surface area (Å²) in [7, 11) is -0.750. The molecule has 1 rings (SSSR count). The maximum Gasteiger partial charge on any atom is 0.432 e. The number of hydrogen-bond acceptors (Lipinski definition) is 3. The zero-order valence-electron chi connectivity index (χ0n) is 6.70. The Morgan fingerprint density at radius 2 is 2.00 bits per heavy atom. The maximum atomic E-state index is 12.3. The number of thioether (sulfide) groups is 1. The van der Waals surface area contributed by atoms with Gasteiger partial charge in [0.15, 0.2) is 0 Å². The molecule has 2 N–H and O–H groups in total. The van der Waals surface area contributed by atoms with Crippen LogP contribution in [0.25, 0.3) is 0 Å². The van der Waals surface area contributed by atoms with E-state index in [2.05, 4.69) is 0 Å². The highest BCUT2D eigenvalue weighted by Crippen LogP contribution is 2.14. The van der Waals surface area contributed by atoms with Crippen molar-refractivity contribution in [1.29, 1.82) is 0 Å². The summed E-state index contributed by atoms with van der Waals surface area (Å²) in [5.41, 5.74) is 0. The van der Waals surface area contributed by atoms with Crippen molar-refractivity contribution in [3.8, 4) is 0 Å². The van der Waals surface area contributed by atoms with Gasteiger partial charge in [-0.2, -0.15) is 0 Å². The van der Waals surface area contributed by atoms with E-state index in [0.717, 1.165) is 4.90 Å². The van der Waals surface area contributed by atoms with Crippen LogP contribution in [0.15, 0.2) is 29.2 Å². The lowest BCUT2D eigenvalue weighted by molar-refractivity contribution is 0.448. The van der Waals surface area contributed by atoms with Gasteiger partial charge in [-0.05, 0) is 24.5 Å². The molecular weight excluding hydrogens is 178 g/mol. The molecule has 0 bridgehead atoms. The Hall–Kier alpha value is -0.515. The third kappa shape index (κ3) is 5.18. The number of rotatable bonds is 1. The fraction of sp³-hybridized carbons (Fsp3) is 0.143. The van der Waals surface area contributed by atoms with Gasteiger partial charge in [-0.25, -0.2) is 4.39 Å². The van der Waals surface area contributed by atoms with E-state index in [9.17, 15) is 4.39 Å². The average molecular weight is 188 g/mol. The molecular formula is C7H10BFO2S. The lowest BCUT2D eigenvalue weighted by Gasteiger charge is -1.92. The van der Waals surface area contributed by atoms with Crippen LogP contribution in [-0.4, -0.2) is 24.0 Å². The minimum Gasteiger partial charge on any atom is -0.430 e. The van der Waals surface area contributed by atoms with Crippen molar-refractivity contribution in [1.82, 2.24) is 0 Å². The Morgan fingerprint density at radius 3 is 2.33 bits per heavy atom. The summed E-state index contributed by atoms with van der Waals surface area (Å²) in [6, 6.07) is 6.55. The van der Waals surface area contributed by atoms with Crippen LogP contribution in [-0.2, 0) is 0 Å². The molecule has 1 aromatic rings. The minimum absolute atomic E-state index is 0.165. The lowest BCUT2D eigenvalue weighted by Crippen LogP contribution is -1.75. The highest BCUT2D eigenvalue weighted by molar-refractivity contribution is 7.98. The molecule has 5 heteroatoms. The Bertz CT molecular complexity index is 222. The molecule has 0 atom stereocenters. The molecule has 0 amide bonds. The van der Waals surface area contributed by atoms with Gasteiger partial charge in [0.25, 0.3) is 0 Å². The SMILES string of the molecule is CSc1cccc(F)c1.OBO. The second kappa shape index (κ2) is 7.15. The highest BCUT2D eigenvalue weighted by atomic mass is 32.2.